The maximum absolute atomic E-state index is 12.8. The van der Waals surface area contributed by atoms with Gasteiger partial charge in [-0.1, -0.05) is 13.0 Å². The molecule has 0 radical (unpaired) electrons. The summed E-state index contributed by atoms with van der Waals surface area (Å²) in [4.78, 5) is 21.9. The van der Waals surface area contributed by atoms with Crippen molar-refractivity contribution in [2.45, 2.75) is 25.8 Å². The normalized spacial score (nSPS) is 19.4. The summed E-state index contributed by atoms with van der Waals surface area (Å²) in [5.41, 5.74) is 3.03. The minimum absolute atomic E-state index is 0.0315. The molecule has 30 heavy (non-hydrogen) atoms. The molecule has 1 amide bonds. The second-order valence-corrected chi connectivity index (χ2v) is 8.38. The average Bonchev–Trinajstić information content (AvgIpc) is 2.81. The number of ether oxygens (including phenoxy) is 1. The van der Waals surface area contributed by atoms with Gasteiger partial charge in [0, 0.05) is 56.4 Å². The summed E-state index contributed by atoms with van der Waals surface area (Å²) < 4.78 is 5.50. The fraction of sp³-hybridized carbons (Fsp3) is 0.500. The summed E-state index contributed by atoms with van der Waals surface area (Å²) >= 11 is 0. The van der Waals surface area contributed by atoms with Crippen LogP contribution in [-0.4, -0.2) is 61.7 Å². The number of rotatable bonds is 6. The molecule has 2 saturated heterocycles. The summed E-state index contributed by atoms with van der Waals surface area (Å²) in [7, 11) is 0. The molecule has 4 rings (SSSR count). The highest BCUT2D eigenvalue weighted by atomic mass is 16.5. The molecule has 1 aromatic heterocycles. The molecule has 1 atom stereocenters. The van der Waals surface area contributed by atoms with Crippen LogP contribution in [0.3, 0.4) is 0 Å². The number of nitrogens with zero attached hydrogens (tertiary/aromatic N) is 3. The van der Waals surface area contributed by atoms with Crippen molar-refractivity contribution in [3.63, 3.8) is 0 Å². The number of piperidine rings is 1. The first-order valence-corrected chi connectivity index (χ1v) is 11.1. The topological polar surface area (TPSA) is 57.7 Å². The Morgan fingerprint density at radius 2 is 1.87 bits per heavy atom. The fourth-order valence-electron chi connectivity index (χ4n) is 4.30. The minimum atomic E-state index is -0.0315. The highest BCUT2D eigenvalue weighted by Gasteiger charge is 2.23. The van der Waals surface area contributed by atoms with Crippen molar-refractivity contribution in [1.29, 1.82) is 0 Å². The summed E-state index contributed by atoms with van der Waals surface area (Å²) in [5.74, 6) is 0.779. The van der Waals surface area contributed by atoms with E-state index in [2.05, 4.69) is 45.2 Å². The average molecular weight is 409 g/mol. The van der Waals surface area contributed by atoms with E-state index in [1.807, 2.05) is 24.4 Å². The Morgan fingerprint density at radius 1 is 1.13 bits per heavy atom. The lowest BCUT2D eigenvalue weighted by Gasteiger charge is -2.34. The lowest BCUT2D eigenvalue weighted by Crippen LogP contribution is -2.43. The van der Waals surface area contributed by atoms with Gasteiger partial charge in [-0.3, -0.25) is 14.7 Å². The number of anilines is 1. The van der Waals surface area contributed by atoms with E-state index >= 15 is 0 Å². The van der Waals surface area contributed by atoms with Gasteiger partial charge in [0.05, 0.1) is 19.3 Å². The van der Waals surface area contributed by atoms with Gasteiger partial charge in [-0.25, -0.2) is 0 Å². The van der Waals surface area contributed by atoms with E-state index in [9.17, 15) is 4.79 Å². The number of carbonyl (C=O) groups excluding carboxylic acids is 1. The lowest BCUT2D eigenvalue weighted by molar-refractivity contribution is 0.0161. The summed E-state index contributed by atoms with van der Waals surface area (Å²) in [6.07, 6.45) is 6.14. The summed E-state index contributed by atoms with van der Waals surface area (Å²) in [6, 6.07) is 12.2. The number of hydrogen-bond acceptors (Lipinski definition) is 5. The molecule has 2 aliphatic heterocycles. The van der Waals surface area contributed by atoms with E-state index in [1.165, 1.54) is 18.5 Å². The highest BCUT2D eigenvalue weighted by Crippen LogP contribution is 2.24. The molecule has 0 saturated carbocycles. The van der Waals surface area contributed by atoms with Crippen LogP contribution in [0.1, 0.15) is 41.7 Å². The number of amides is 1. The molecule has 0 aliphatic carbocycles. The predicted molar refractivity (Wildman–Crippen MR) is 119 cm³/mol. The predicted octanol–water partition coefficient (Wildman–Crippen LogP) is 3.12. The van der Waals surface area contributed by atoms with Gasteiger partial charge in [-0.05, 0) is 54.7 Å². The maximum Gasteiger partial charge on any atom is 0.251 e. The molecule has 6 nitrogen and oxygen atoms in total. The van der Waals surface area contributed by atoms with Crippen molar-refractivity contribution in [1.82, 2.24) is 15.2 Å². The van der Waals surface area contributed by atoms with Gasteiger partial charge in [0.1, 0.15) is 0 Å². The van der Waals surface area contributed by atoms with Gasteiger partial charge in [0.15, 0.2) is 0 Å². The van der Waals surface area contributed by atoms with E-state index in [0.717, 1.165) is 50.9 Å². The molecule has 2 fully saturated rings. The lowest BCUT2D eigenvalue weighted by atomic mass is 9.98. The van der Waals surface area contributed by atoms with Gasteiger partial charge >= 0.3 is 0 Å². The monoisotopic (exact) mass is 408 g/mol. The number of morpholine rings is 1. The molecule has 1 aromatic carbocycles. The highest BCUT2D eigenvalue weighted by molar-refractivity contribution is 5.94. The van der Waals surface area contributed by atoms with Gasteiger partial charge in [0.2, 0.25) is 0 Å². The maximum atomic E-state index is 12.8. The van der Waals surface area contributed by atoms with E-state index in [-0.39, 0.29) is 11.9 Å². The Bertz CT molecular complexity index is 798. The van der Waals surface area contributed by atoms with Crippen LogP contribution in [0.15, 0.2) is 48.8 Å². The van der Waals surface area contributed by atoms with Crippen LogP contribution in [0.2, 0.25) is 0 Å². The van der Waals surface area contributed by atoms with Crippen LogP contribution >= 0.6 is 0 Å². The molecule has 3 heterocycles. The molecule has 160 valence electrons. The molecule has 2 aromatic rings. The van der Waals surface area contributed by atoms with E-state index in [0.29, 0.717) is 12.1 Å². The molecule has 0 spiro atoms. The van der Waals surface area contributed by atoms with Crippen LogP contribution in [-0.2, 0) is 4.74 Å². The molecular weight excluding hydrogens is 376 g/mol. The Kier molecular flexibility index (Phi) is 6.97. The Labute approximate surface area is 179 Å². The molecule has 2 aliphatic rings. The fourth-order valence-corrected chi connectivity index (χ4v) is 4.30. The number of hydrogen-bond donors (Lipinski definition) is 1. The van der Waals surface area contributed by atoms with Crippen LogP contribution in [0.4, 0.5) is 5.69 Å². The Morgan fingerprint density at radius 3 is 2.53 bits per heavy atom. The molecule has 0 bridgehead atoms. The second-order valence-electron chi connectivity index (χ2n) is 8.38. The van der Waals surface area contributed by atoms with Crippen LogP contribution in [0.5, 0.6) is 0 Å². The van der Waals surface area contributed by atoms with Crippen molar-refractivity contribution in [2.75, 3.05) is 50.8 Å². The first-order valence-electron chi connectivity index (χ1n) is 11.1. The number of pyridine rings is 1. The van der Waals surface area contributed by atoms with Crippen molar-refractivity contribution < 1.29 is 9.53 Å². The third-order valence-corrected chi connectivity index (χ3v) is 6.29. The standard InChI is InChI=1S/C24H32N4O2/c1-19-8-11-27(12-9-19)22-6-4-20(5-7-22)24(29)26-18-23(21-3-2-10-25-17-21)28-13-15-30-16-14-28/h2-7,10,17,19,23H,8-9,11-16,18H2,1H3,(H,26,29)/t23-/m1/s1. The zero-order chi connectivity index (χ0) is 20.8. The molecule has 1 N–H and O–H groups in total. The molecular formula is C24H32N4O2. The number of nitrogens with one attached hydrogen (secondary N) is 1. The summed E-state index contributed by atoms with van der Waals surface area (Å²) in [5, 5.41) is 3.14. The Hall–Kier alpha value is -2.44. The first-order chi connectivity index (χ1) is 14.7. The number of benzene rings is 1. The Balaban J connectivity index is 1.38. The minimum Gasteiger partial charge on any atom is -0.379 e. The van der Waals surface area contributed by atoms with Crippen LogP contribution in [0, 0.1) is 5.92 Å². The zero-order valence-corrected chi connectivity index (χ0v) is 17.8. The van der Waals surface area contributed by atoms with Gasteiger partial charge in [0.25, 0.3) is 5.91 Å². The quantitative estimate of drug-likeness (QED) is 0.796. The van der Waals surface area contributed by atoms with Gasteiger partial charge < -0.3 is 15.0 Å². The van der Waals surface area contributed by atoms with Crippen molar-refractivity contribution in [2.24, 2.45) is 5.92 Å². The van der Waals surface area contributed by atoms with Gasteiger partial charge in [-0.2, -0.15) is 0 Å². The SMILES string of the molecule is CC1CCN(c2ccc(C(=O)NC[C@H](c3cccnc3)N3CCOCC3)cc2)CC1. The summed E-state index contributed by atoms with van der Waals surface area (Å²) in [6.45, 7) is 8.23. The van der Waals surface area contributed by atoms with Crippen LogP contribution < -0.4 is 10.2 Å². The third kappa shape index (κ3) is 5.18. The zero-order valence-electron chi connectivity index (χ0n) is 17.8. The number of aromatic nitrogens is 1. The van der Waals surface area contributed by atoms with E-state index in [4.69, 9.17) is 4.74 Å². The van der Waals surface area contributed by atoms with Crippen molar-refractivity contribution in [3.05, 3.63) is 59.9 Å². The number of carbonyl (C=O) groups is 1. The smallest absolute Gasteiger partial charge is 0.251 e. The van der Waals surface area contributed by atoms with E-state index < -0.39 is 0 Å². The van der Waals surface area contributed by atoms with E-state index in [1.54, 1.807) is 6.20 Å². The largest absolute Gasteiger partial charge is 0.379 e. The molecule has 6 heteroatoms. The van der Waals surface area contributed by atoms with Crippen molar-refractivity contribution >= 4 is 11.6 Å². The second kappa shape index (κ2) is 10.0. The molecule has 0 unspecified atom stereocenters. The van der Waals surface area contributed by atoms with Crippen molar-refractivity contribution in [3.8, 4) is 0 Å². The third-order valence-electron chi connectivity index (χ3n) is 6.29. The first kappa shape index (κ1) is 20.8. The van der Waals surface area contributed by atoms with Gasteiger partial charge in [-0.15, -0.1) is 0 Å². The van der Waals surface area contributed by atoms with Crippen LogP contribution in [0.25, 0.3) is 0 Å².